The minimum atomic E-state index is -0.250. The molecule has 5 rings (SSSR count). The van der Waals surface area contributed by atoms with E-state index in [1.54, 1.807) is 0 Å². The monoisotopic (exact) mass is 561 g/mol. The molecule has 11 atom stereocenters. The molecule has 6 heteroatoms. The molecule has 5 aliphatic rings. The van der Waals surface area contributed by atoms with Crippen molar-refractivity contribution in [3.63, 3.8) is 0 Å². The van der Waals surface area contributed by atoms with Gasteiger partial charge in [-0.1, -0.05) is 41.0 Å². The van der Waals surface area contributed by atoms with Crippen LogP contribution in [0.5, 0.6) is 0 Å². The molecular formula is C34H59NO5. The molecule has 0 bridgehead atoms. The minimum absolute atomic E-state index is 0.0294. The molecule has 230 valence electrons. The van der Waals surface area contributed by atoms with Crippen LogP contribution in [0.2, 0.25) is 0 Å². The molecule has 3 unspecified atom stereocenters. The number of hydrogen-bond acceptors (Lipinski definition) is 5. The summed E-state index contributed by atoms with van der Waals surface area (Å²) in [6, 6.07) is 0. The fourth-order valence-corrected chi connectivity index (χ4v) is 11.3. The van der Waals surface area contributed by atoms with Crippen molar-refractivity contribution in [1.82, 2.24) is 4.90 Å². The third kappa shape index (κ3) is 5.04. The Bertz CT molecular complexity index is 882. The van der Waals surface area contributed by atoms with Gasteiger partial charge in [0.25, 0.3) is 0 Å². The first-order chi connectivity index (χ1) is 19.0. The molecule has 0 aromatic carbocycles. The summed E-state index contributed by atoms with van der Waals surface area (Å²) >= 11 is 0. The van der Waals surface area contributed by atoms with E-state index in [0.29, 0.717) is 61.1 Å². The maximum atomic E-state index is 12.8. The number of aliphatic hydroxyl groups is 3. The Morgan fingerprint density at radius 3 is 2.27 bits per heavy atom. The standard InChI is InChI=1S/C34H59NO5/c1-6-24-28-20-23(37)10-13-33(28,5)27-11-14-32(4)25(8-9-26(32)29(27)30(24)38)22(3)12-19-40-31(39)35-17-15-34(7-2,21-36)16-18-35/h22-30,36-38H,6-21H2,1-5H3/t22-,23-,24-,25-,26+,27+,28+,29?,30-,32?,33?/m1/s1. The molecule has 5 fully saturated rings. The van der Waals surface area contributed by atoms with Crippen LogP contribution >= 0.6 is 0 Å². The zero-order valence-corrected chi connectivity index (χ0v) is 26.1. The number of aliphatic hydroxyl groups excluding tert-OH is 3. The van der Waals surface area contributed by atoms with Crippen LogP contribution in [0.1, 0.15) is 112 Å². The van der Waals surface area contributed by atoms with E-state index in [4.69, 9.17) is 4.74 Å². The lowest BCUT2D eigenvalue weighted by molar-refractivity contribution is -0.203. The Hall–Kier alpha value is -0.850. The zero-order chi connectivity index (χ0) is 28.9. The lowest BCUT2D eigenvalue weighted by Gasteiger charge is -2.64. The number of rotatable bonds is 7. The summed E-state index contributed by atoms with van der Waals surface area (Å²) in [4.78, 5) is 14.6. The topological polar surface area (TPSA) is 90.2 Å². The first kappa shape index (κ1) is 30.6. The summed E-state index contributed by atoms with van der Waals surface area (Å²) < 4.78 is 5.79. The third-order valence-corrected chi connectivity index (χ3v) is 14.1. The molecular weight excluding hydrogens is 502 g/mol. The lowest BCUT2D eigenvalue weighted by Crippen LogP contribution is -2.62. The van der Waals surface area contributed by atoms with Gasteiger partial charge >= 0.3 is 6.09 Å². The van der Waals surface area contributed by atoms with Crippen molar-refractivity contribution in [1.29, 1.82) is 0 Å². The fourth-order valence-electron chi connectivity index (χ4n) is 11.3. The summed E-state index contributed by atoms with van der Waals surface area (Å²) in [5, 5.41) is 32.3. The van der Waals surface area contributed by atoms with Gasteiger partial charge < -0.3 is 25.0 Å². The van der Waals surface area contributed by atoms with Crippen molar-refractivity contribution < 1.29 is 24.9 Å². The quantitative estimate of drug-likeness (QED) is 0.341. The van der Waals surface area contributed by atoms with Crippen molar-refractivity contribution in [2.75, 3.05) is 26.3 Å². The minimum Gasteiger partial charge on any atom is -0.449 e. The van der Waals surface area contributed by atoms with Gasteiger partial charge in [-0.3, -0.25) is 0 Å². The molecule has 0 aromatic heterocycles. The molecule has 40 heavy (non-hydrogen) atoms. The highest BCUT2D eigenvalue weighted by Crippen LogP contribution is 2.69. The highest BCUT2D eigenvalue weighted by atomic mass is 16.6. The molecule has 4 aliphatic carbocycles. The van der Waals surface area contributed by atoms with Crippen LogP contribution in [0, 0.1) is 57.7 Å². The van der Waals surface area contributed by atoms with Crippen molar-refractivity contribution in [2.45, 2.75) is 124 Å². The summed E-state index contributed by atoms with van der Waals surface area (Å²) in [7, 11) is 0. The predicted molar refractivity (Wildman–Crippen MR) is 158 cm³/mol. The number of ether oxygens (including phenoxy) is 1. The smallest absolute Gasteiger partial charge is 0.409 e. The van der Waals surface area contributed by atoms with Gasteiger partial charge in [0, 0.05) is 19.7 Å². The normalized spacial score (nSPS) is 45.2. The van der Waals surface area contributed by atoms with E-state index in [9.17, 15) is 20.1 Å². The van der Waals surface area contributed by atoms with Gasteiger partial charge in [0.15, 0.2) is 0 Å². The SMILES string of the molecule is CC[C@H]1[C@@H](O)C2[C@@H]3CC[C@H]([C@H](C)CCOC(=O)N4CCC(CC)(CO)CC4)C3(C)CC[C@@H]2C2(C)CC[C@@H](O)C[C@@H]12. The summed E-state index contributed by atoms with van der Waals surface area (Å²) in [6.45, 7) is 13.8. The second-order valence-corrected chi connectivity index (χ2v) is 15.5. The van der Waals surface area contributed by atoms with Crippen LogP contribution < -0.4 is 0 Å². The van der Waals surface area contributed by atoms with E-state index in [0.717, 1.165) is 51.4 Å². The molecule has 1 aliphatic heterocycles. The van der Waals surface area contributed by atoms with E-state index >= 15 is 0 Å². The van der Waals surface area contributed by atoms with Crippen LogP contribution in [-0.4, -0.2) is 64.8 Å². The second kappa shape index (κ2) is 11.7. The highest BCUT2D eigenvalue weighted by molar-refractivity contribution is 5.67. The third-order valence-electron chi connectivity index (χ3n) is 14.1. The van der Waals surface area contributed by atoms with Gasteiger partial charge in [-0.15, -0.1) is 0 Å². The van der Waals surface area contributed by atoms with E-state index in [1.807, 2.05) is 4.90 Å². The second-order valence-electron chi connectivity index (χ2n) is 15.5. The summed E-state index contributed by atoms with van der Waals surface area (Å²) in [6.07, 6.45) is 11.7. The Kier molecular flexibility index (Phi) is 8.93. The van der Waals surface area contributed by atoms with Crippen molar-refractivity contribution in [3.05, 3.63) is 0 Å². The molecule has 3 N–H and O–H groups in total. The molecule has 0 aromatic rings. The summed E-state index contributed by atoms with van der Waals surface area (Å²) in [5.74, 6) is 3.34. The molecule has 0 spiro atoms. The number of carbonyl (C=O) groups is 1. The van der Waals surface area contributed by atoms with E-state index in [1.165, 1.54) is 25.7 Å². The Morgan fingerprint density at radius 2 is 1.62 bits per heavy atom. The van der Waals surface area contributed by atoms with E-state index in [-0.39, 0.29) is 41.2 Å². The number of amides is 1. The molecule has 1 saturated heterocycles. The number of fused-ring (bicyclic) bond motifs is 5. The van der Waals surface area contributed by atoms with E-state index < -0.39 is 0 Å². The zero-order valence-electron chi connectivity index (χ0n) is 26.1. The first-order valence-corrected chi connectivity index (χ1v) is 16.9. The van der Waals surface area contributed by atoms with Crippen LogP contribution in [0.3, 0.4) is 0 Å². The molecule has 6 nitrogen and oxygen atoms in total. The van der Waals surface area contributed by atoms with Gasteiger partial charge in [-0.25, -0.2) is 4.79 Å². The van der Waals surface area contributed by atoms with Crippen molar-refractivity contribution >= 4 is 6.09 Å². The number of hydrogen-bond donors (Lipinski definition) is 3. The van der Waals surface area contributed by atoms with Gasteiger partial charge in [0.2, 0.25) is 0 Å². The molecule has 1 heterocycles. The predicted octanol–water partition coefficient (Wildman–Crippen LogP) is 6.26. The Labute approximate surface area is 243 Å². The van der Waals surface area contributed by atoms with Crippen LogP contribution in [0.15, 0.2) is 0 Å². The number of carbonyl (C=O) groups excluding carboxylic acids is 1. The lowest BCUT2D eigenvalue weighted by atomic mass is 9.41. The Morgan fingerprint density at radius 1 is 0.950 bits per heavy atom. The highest BCUT2D eigenvalue weighted by Gasteiger charge is 2.64. The van der Waals surface area contributed by atoms with Crippen molar-refractivity contribution in [3.8, 4) is 0 Å². The van der Waals surface area contributed by atoms with Gasteiger partial charge in [0.1, 0.15) is 0 Å². The maximum absolute atomic E-state index is 12.8. The molecule has 1 amide bonds. The average Bonchev–Trinajstić information content (AvgIpc) is 3.31. The fraction of sp³-hybridized carbons (Fsp3) is 0.971. The largest absolute Gasteiger partial charge is 0.449 e. The first-order valence-electron chi connectivity index (χ1n) is 16.9. The molecule has 0 radical (unpaired) electrons. The van der Waals surface area contributed by atoms with Crippen LogP contribution in [0.4, 0.5) is 4.79 Å². The summed E-state index contributed by atoms with van der Waals surface area (Å²) in [5.41, 5.74) is 0.450. The van der Waals surface area contributed by atoms with Crippen LogP contribution in [0.25, 0.3) is 0 Å². The van der Waals surface area contributed by atoms with Gasteiger partial charge in [0.05, 0.1) is 18.8 Å². The number of likely N-dealkylation sites (tertiary alicyclic amines) is 1. The average molecular weight is 562 g/mol. The molecule has 4 saturated carbocycles. The van der Waals surface area contributed by atoms with Crippen LogP contribution in [-0.2, 0) is 4.74 Å². The van der Waals surface area contributed by atoms with Gasteiger partial charge in [-0.2, -0.15) is 0 Å². The maximum Gasteiger partial charge on any atom is 0.409 e. The number of piperidine rings is 1. The van der Waals surface area contributed by atoms with Gasteiger partial charge in [-0.05, 0) is 128 Å². The van der Waals surface area contributed by atoms with Crippen molar-refractivity contribution in [2.24, 2.45) is 57.7 Å². The van der Waals surface area contributed by atoms with E-state index in [2.05, 4.69) is 34.6 Å². The number of nitrogens with zero attached hydrogens (tertiary/aromatic N) is 1. The Balaban J connectivity index is 1.20.